The van der Waals surface area contributed by atoms with E-state index in [1.54, 1.807) is 4.90 Å². The number of nitrogens with one attached hydrogen (secondary N) is 1. The fraction of sp³-hybridized carbons (Fsp3) is 0.733. The van der Waals surface area contributed by atoms with Crippen LogP contribution in [0.3, 0.4) is 0 Å². The molecule has 1 saturated heterocycles. The van der Waals surface area contributed by atoms with E-state index in [1.807, 2.05) is 25.1 Å². The molecule has 2 rings (SSSR count). The number of aliphatic hydroxyl groups is 1. The topological polar surface area (TPSA) is 72.5 Å². The fourth-order valence-corrected chi connectivity index (χ4v) is 2.72. The van der Waals surface area contributed by atoms with Crippen LogP contribution in [0.5, 0.6) is 0 Å². The van der Waals surface area contributed by atoms with Crippen LogP contribution >= 0.6 is 0 Å². The number of carbonyl (C=O) groups is 1. The molecule has 6 heteroatoms. The van der Waals surface area contributed by atoms with Crippen molar-refractivity contribution >= 4 is 5.91 Å². The van der Waals surface area contributed by atoms with E-state index in [0.717, 1.165) is 5.69 Å². The van der Waals surface area contributed by atoms with Crippen molar-refractivity contribution in [3.05, 3.63) is 17.5 Å². The molecule has 6 nitrogen and oxygen atoms in total. The number of aromatic nitrogens is 2. The maximum absolute atomic E-state index is 12.5. The summed E-state index contributed by atoms with van der Waals surface area (Å²) >= 11 is 0. The van der Waals surface area contributed by atoms with E-state index in [-0.39, 0.29) is 11.3 Å². The van der Waals surface area contributed by atoms with Crippen molar-refractivity contribution in [2.45, 2.75) is 38.2 Å². The van der Waals surface area contributed by atoms with Crippen molar-refractivity contribution in [2.75, 3.05) is 33.7 Å². The zero-order chi connectivity index (χ0) is 15.8. The lowest BCUT2D eigenvalue weighted by Crippen LogP contribution is -2.43. The lowest BCUT2D eigenvalue weighted by atomic mass is 9.92. The number of aromatic amines is 1. The summed E-state index contributed by atoms with van der Waals surface area (Å²) in [4.78, 5) is 16.1. The number of likely N-dealkylation sites (N-methyl/N-ethyl adjacent to an activating group) is 1. The molecule has 1 atom stereocenters. The minimum Gasteiger partial charge on any atom is -0.387 e. The molecule has 1 aliphatic rings. The quantitative estimate of drug-likeness (QED) is 0.867. The smallest absolute Gasteiger partial charge is 0.274 e. The van der Waals surface area contributed by atoms with Crippen LogP contribution in [0.25, 0.3) is 0 Å². The van der Waals surface area contributed by atoms with Gasteiger partial charge in [-0.2, -0.15) is 5.10 Å². The first-order chi connectivity index (χ1) is 9.61. The van der Waals surface area contributed by atoms with Gasteiger partial charge in [-0.15, -0.1) is 0 Å². The Bertz CT molecular complexity index is 518. The Kier molecular flexibility index (Phi) is 4.13. The van der Waals surface area contributed by atoms with E-state index in [0.29, 0.717) is 31.7 Å². The van der Waals surface area contributed by atoms with Crippen molar-refractivity contribution in [1.82, 2.24) is 20.0 Å². The second-order valence-electron chi connectivity index (χ2n) is 7.36. The Morgan fingerprint density at radius 1 is 1.52 bits per heavy atom. The van der Waals surface area contributed by atoms with Crippen LogP contribution in [0.4, 0.5) is 0 Å². The molecule has 0 aliphatic carbocycles. The Labute approximate surface area is 126 Å². The van der Waals surface area contributed by atoms with Gasteiger partial charge in [0.05, 0.1) is 12.1 Å². The number of amides is 1. The Balaban J connectivity index is 2.07. The summed E-state index contributed by atoms with van der Waals surface area (Å²) in [6.45, 7) is 7.70. The summed E-state index contributed by atoms with van der Waals surface area (Å²) in [5, 5.41) is 17.6. The summed E-state index contributed by atoms with van der Waals surface area (Å²) in [5.74, 6) is -0.114. The minimum atomic E-state index is -0.817. The van der Waals surface area contributed by atoms with Crippen LogP contribution in [0.15, 0.2) is 6.07 Å². The van der Waals surface area contributed by atoms with E-state index >= 15 is 0 Å². The molecule has 1 aliphatic heterocycles. The van der Waals surface area contributed by atoms with Crippen molar-refractivity contribution in [3.63, 3.8) is 0 Å². The van der Waals surface area contributed by atoms with Crippen molar-refractivity contribution in [2.24, 2.45) is 0 Å². The SMILES string of the molecule is CN(C)CC1(O)CCN(C(=O)c2cc(C(C)(C)C)[nH]n2)C1. The maximum atomic E-state index is 12.5. The van der Waals surface area contributed by atoms with Crippen LogP contribution in [0.2, 0.25) is 0 Å². The van der Waals surface area contributed by atoms with Crippen LogP contribution in [-0.4, -0.2) is 70.3 Å². The highest BCUT2D eigenvalue weighted by Gasteiger charge is 2.39. The number of nitrogens with zero attached hydrogens (tertiary/aromatic N) is 3. The third-order valence-electron chi connectivity index (χ3n) is 3.84. The van der Waals surface area contributed by atoms with Gasteiger partial charge in [0.1, 0.15) is 5.69 Å². The van der Waals surface area contributed by atoms with Gasteiger partial charge in [0.15, 0.2) is 0 Å². The van der Waals surface area contributed by atoms with Gasteiger partial charge in [0.25, 0.3) is 5.91 Å². The van der Waals surface area contributed by atoms with Gasteiger partial charge in [0, 0.05) is 24.2 Å². The predicted octanol–water partition coefficient (Wildman–Crippen LogP) is 0.846. The molecule has 21 heavy (non-hydrogen) atoms. The first-order valence-electron chi connectivity index (χ1n) is 7.33. The van der Waals surface area contributed by atoms with Crippen molar-refractivity contribution in [1.29, 1.82) is 0 Å². The summed E-state index contributed by atoms with van der Waals surface area (Å²) < 4.78 is 0. The lowest BCUT2D eigenvalue weighted by molar-refractivity contribution is 0.0235. The molecule has 1 fully saturated rings. The van der Waals surface area contributed by atoms with Crippen LogP contribution < -0.4 is 0 Å². The van der Waals surface area contributed by atoms with Gasteiger partial charge in [-0.3, -0.25) is 9.89 Å². The van der Waals surface area contributed by atoms with Gasteiger partial charge >= 0.3 is 0 Å². The molecule has 0 radical (unpaired) electrons. The maximum Gasteiger partial charge on any atom is 0.274 e. The fourth-order valence-electron chi connectivity index (χ4n) is 2.72. The number of H-pyrrole nitrogens is 1. The molecule has 1 unspecified atom stereocenters. The van der Waals surface area contributed by atoms with E-state index in [2.05, 4.69) is 31.0 Å². The molecule has 0 spiro atoms. The van der Waals surface area contributed by atoms with E-state index < -0.39 is 5.60 Å². The Hall–Kier alpha value is -1.40. The first kappa shape index (κ1) is 16.0. The molecule has 118 valence electrons. The van der Waals surface area contributed by atoms with E-state index in [9.17, 15) is 9.90 Å². The molecule has 1 aromatic rings. The van der Waals surface area contributed by atoms with Crippen LogP contribution in [0, 0.1) is 0 Å². The Morgan fingerprint density at radius 2 is 2.19 bits per heavy atom. The zero-order valence-corrected chi connectivity index (χ0v) is 13.6. The molecule has 2 N–H and O–H groups in total. The van der Waals surface area contributed by atoms with Gasteiger partial charge in [-0.05, 0) is 26.6 Å². The number of hydrogen-bond donors (Lipinski definition) is 2. The summed E-state index contributed by atoms with van der Waals surface area (Å²) in [5.41, 5.74) is 0.479. The number of β-amino-alcohol motifs (C(OH)–C–C–N with tert-alkyl or cyclic N) is 1. The molecule has 1 amide bonds. The standard InChI is InChI=1S/C15H26N4O2/c1-14(2,3)12-8-11(16-17-12)13(20)19-7-6-15(21,10-19)9-18(4)5/h8,21H,6-7,9-10H2,1-5H3,(H,16,17). The summed E-state index contributed by atoms with van der Waals surface area (Å²) in [6.07, 6.45) is 0.605. The summed E-state index contributed by atoms with van der Waals surface area (Å²) in [7, 11) is 3.84. The lowest BCUT2D eigenvalue weighted by Gasteiger charge is -2.26. The molecular formula is C15H26N4O2. The minimum absolute atomic E-state index is 0.0673. The molecule has 1 aromatic heterocycles. The highest BCUT2D eigenvalue weighted by atomic mass is 16.3. The van der Waals surface area contributed by atoms with Crippen molar-refractivity contribution in [3.8, 4) is 0 Å². The molecule has 0 saturated carbocycles. The zero-order valence-electron chi connectivity index (χ0n) is 13.6. The highest BCUT2D eigenvalue weighted by Crippen LogP contribution is 2.25. The van der Waals surface area contributed by atoms with Gasteiger partial charge in [-0.1, -0.05) is 20.8 Å². The third-order valence-corrected chi connectivity index (χ3v) is 3.84. The summed E-state index contributed by atoms with van der Waals surface area (Å²) in [6, 6.07) is 1.81. The second-order valence-corrected chi connectivity index (χ2v) is 7.36. The van der Waals surface area contributed by atoms with E-state index in [4.69, 9.17) is 0 Å². The number of likely N-dealkylation sites (tertiary alicyclic amines) is 1. The van der Waals surface area contributed by atoms with Crippen LogP contribution in [0.1, 0.15) is 43.4 Å². The average Bonchev–Trinajstić information content (AvgIpc) is 2.93. The van der Waals surface area contributed by atoms with Crippen LogP contribution in [-0.2, 0) is 5.41 Å². The first-order valence-corrected chi connectivity index (χ1v) is 7.33. The predicted molar refractivity (Wildman–Crippen MR) is 81.3 cm³/mol. The molecule has 2 heterocycles. The second kappa shape index (κ2) is 5.42. The van der Waals surface area contributed by atoms with Gasteiger partial charge in [-0.25, -0.2) is 0 Å². The average molecular weight is 294 g/mol. The number of rotatable bonds is 3. The largest absolute Gasteiger partial charge is 0.387 e. The number of hydrogen-bond acceptors (Lipinski definition) is 4. The molecule has 0 aromatic carbocycles. The van der Waals surface area contributed by atoms with E-state index in [1.165, 1.54) is 0 Å². The highest BCUT2D eigenvalue weighted by molar-refractivity contribution is 5.92. The normalized spacial score (nSPS) is 23.1. The Morgan fingerprint density at radius 3 is 2.71 bits per heavy atom. The molecule has 0 bridgehead atoms. The monoisotopic (exact) mass is 294 g/mol. The number of carbonyl (C=O) groups excluding carboxylic acids is 1. The van der Waals surface area contributed by atoms with Gasteiger partial charge < -0.3 is 14.9 Å². The van der Waals surface area contributed by atoms with Crippen molar-refractivity contribution < 1.29 is 9.90 Å². The molecular weight excluding hydrogens is 268 g/mol. The third kappa shape index (κ3) is 3.63. The van der Waals surface area contributed by atoms with Gasteiger partial charge in [0.2, 0.25) is 0 Å².